The van der Waals surface area contributed by atoms with Crippen molar-refractivity contribution in [2.24, 2.45) is 0 Å². The number of hydrogen-bond donors (Lipinski definition) is 0. The van der Waals surface area contributed by atoms with Gasteiger partial charge < -0.3 is 4.74 Å². The molecule has 0 spiro atoms. The molecule has 1 heterocycles. The summed E-state index contributed by atoms with van der Waals surface area (Å²) in [4.78, 5) is 15.5. The Morgan fingerprint density at radius 1 is 1.61 bits per heavy atom. The molecule has 1 rings (SSSR count). The molecule has 7 heteroatoms. The number of anilines is 1. The summed E-state index contributed by atoms with van der Waals surface area (Å²) in [5.41, 5.74) is -0.0382. The van der Waals surface area contributed by atoms with Crippen molar-refractivity contribution in [3.63, 3.8) is 0 Å². The van der Waals surface area contributed by atoms with Crippen LogP contribution in [0.5, 0.6) is 0 Å². The lowest BCUT2D eigenvalue weighted by molar-refractivity contribution is -0.170. The van der Waals surface area contributed by atoms with Gasteiger partial charge in [-0.05, 0) is 13.0 Å². The van der Waals surface area contributed by atoms with Gasteiger partial charge in [-0.25, -0.2) is 0 Å². The van der Waals surface area contributed by atoms with Crippen molar-refractivity contribution in [3.8, 4) is 0 Å². The van der Waals surface area contributed by atoms with Crippen LogP contribution in [0.4, 0.5) is 18.9 Å². The molecule has 0 aliphatic heterocycles. The van der Waals surface area contributed by atoms with Gasteiger partial charge in [0.05, 0.1) is 24.5 Å². The molecule has 0 N–H and O–H groups in total. The second kappa shape index (κ2) is 5.81. The van der Waals surface area contributed by atoms with E-state index >= 15 is 0 Å². The summed E-state index contributed by atoms with van der Waals surface area (Å²) < 4.78 is 42.3. The van der Waals surface area contributed by atoms with E-state index in [9.17, 15) is 18.0 Å². The Hall–Kier alpha value is -1.63. The van der Waals surface area contributed by atoms with Gasteiger partial charge in [-0.2, -0.15) is 13.2 Å². The van der Waals surface area contributed by atoms with Crippen LogP contribution in [0, 0.1) is 6.07 Å². The number of ether oxygens (including phenoxy) is 1. The van der Waals surface area contributed by atoms with E-state index < -0.39 is 18.2 Å². The average Bonchev–Trinajstić information content (AvgIpc) is 2.34. The van der Waals surface area contributed by atoms with Crippen molar-refractivity contribution in [1.82, 2.24) is 4.98 Å². The third kappa shape index (κ3) is 3.69. The van der Waals surface area contributed by atoms with Gasteiger partial charge in [-0.1, -0.05) is 0 Å². The van der Waals surface area contributed by atoms with E-state index in [2.05, 4.69) is 11.1 Å². The van der Waals surface area contributed by atoms with Gasteiger partial charge in [-0.3, -0.25) is 14.7 Å². The van der Waals surface area contributed by atoms with Gasteiger partial charge >= 0.3 is 12.1 Å². The maximum Gasteiger partial charge on any atom is 0.471 e. The number of carbonyl (C=O) groups excluding carboxylic acids is 1. The van der Waals surface area contributed by atoms with Gasteiger partial charge in [0.15, 0.2) is 0 Å². The zero-order valence-electron chi connectivity index (χ0n) is 9.86. The molecule has 0 saturated heterocycles. The summed E-state index contributed by atoms with van der Waals surface area (Å²) in [6, 6.07) is 3.87. The number of methoxy groups -OCH3 is 1. The van der Waals surface area contributed by atoms with Gasteiger partial charge in [0.2, 0.25) is 0 Å². The van der Waals surface area contributed by atoms with Crippen LogP contribution in [0.1, 0.15) is 6.92 Å². The van der Waals surface area contributed by atoms with Crippen LogP contribution >= 0.6 is 0 Å². The van der Waals surface area contributed by atoms with Crippen LogP contribution in [0.15, 0.2) is 18.5 Å². The molecular weight excluding hydrogens is 249 g/mol. The largest absolute Gasteiger partial charge is 0.471 e. The zero-order valence-corrected chi connectivity index (χ0v) is 9.86. The molecular formula is C11H12F3N2O2. The fraction of sp³-hybridized carbons (Fsp3) is 0.455. The molecule has 1 unspecified atom stereocenters. The molecule has 1 amide bonds. The van der Waals surface area contributed by atoms with Gasteiger partial charge in [0, 0.05) is 19.4 Å². The summed E-state index contributed by atoms with van der Waals surface area (Å²) >= 11 is 0. The summed E-state index contributed by atoms with van der Waals surface area (Å²) in [6.45, 7) is 1.34. The van der Waals surface area contributed by atoms with Crippen LogP contribution in [-0.4, -0.2) is 36.8 Å². The van der Waals surface area contributed by atoms with Gasteiger partial charge in [-0.15, -0.1) is 0 Å². The fourth-order valence-electron chi connectivity index (χ4n) is 1.24. The molecule has 0 aliphatic carbocycles. The Morgan fingerprint density at radius 2 is 2.28 bits per heavy atom. The molecule has 0 aliphatic rings. The minimum absolute atomic E-state index is 0.0382. The number of aromatic nitrogens is 1. The van der Waals surface area contributed by atoms with Crippen molar-refractivity contribution >= 4 is 11.6 Å². The third-order valence-electron chi connectivity index (χ3n) is 2.21. The summed E-state index contributed by atoms with van der Waals surface area (Å²) in [5, 5.41) is 0. The van der Waals surface area contributed by atoms with E-state index in [0.29, 0.717) is 4.90 Å². The van der Waals surface area contributed by atoms with E-state index in [1.165, 1.54) is 19.4 Å². The van der Waals surface area contributed by atoms with Crippen molar-refractivity contribution in [3.05, 3.63) is 24.5 Å². The second-order valence-corrected chi connectivity index (χ2v) is 3.58. The fourth-order valence-corrected chi connectivity index (χ4v) is 1.24. The normalized spacial score (nSPS) is 13.2. The lowest BCUT2D eigenvalue weighted by Crippen LogP contribution is -2.45. The van der Waals surface area contributed by atoms with Crippen molar-refractivity contribution in [2.75, 3.05) is 18.6 Å². The molecule has 4 nitrogen and oxygen atoms in total. The van der Waals surface area contributed by atoms with Crippen LogP contribution in [0.25, 0.3) is 0 Å². The first kappa shape index (κ1) is 14.4. The minimum atomic E-state index is -4.95. The number of halogens is 3. The summed E-state index contributed by atoms with van der Waals surface area (Å²) in [5.74, 6) is -1.96. The Balaban J connectivity index is 3.00. The molecule has 1 atom stereocenters. The number of pyridine rings is 1. The Bertz CT molecular complexity index is 395. The smallest absolute Gasteiger partial charge is 0.380 e. The van der Waals surface area contributed by atoms with E-state index in [1.807, 2.05) is 0 Å². The minimum Gasteiger partial charge on any atom is -0.380 e. The highest BCUT2D eigenvalue weighted by Gasteiger charge is 2.43. The number of carbonyl (C=O) groups is 1. The van der Waals surface area contributed by atoms with Crippen LogP contribution in [-0.2, 0) is 9.53 Å². The number of amides is 1. The second-order valence-electron chi connectivity index (χ2n) is 3.58. The Labute approximate surface area is 102 Å². The van der Waals surface area contributed by atoms with Crippen molar-refractivity contribution in [1.29, 1.82) is 0 Å². The standard InChI is InChI=1S/C11H12F3N2O2/c1-8(18-2)7-16(10(17)11(12,13)14)9-4-3-5-15-6-9/h3,5-6,8H,7H2,1-2H3. The molecule has 1 aromatic rings. The summed E-state index contributed by atoms with van der Waals surface area (Å²) in [7, 11) is 1.36. The van der Waals surface area contributed by atoms with E-state index in [0.717, 1.165) is 6.20 Å². The Morgan fingerprint density at radius 3 is 2.72 bits per heavy atom. The number of rotatable bonds is 4. The van der Waals surface area contributed by atoms with Crippen molar-refractivity contribution in [2.45, 2.75) is 19.2 Å². The number of alkyl halides is 3. The topological polar surface area (TPSA) is 42.4 Å². The molecule has 0 saturated carbocycles. The number of hydrogen-bond acceptors (Lipinski definition) is 3. The highest BCUT2D eigenvalue weighted by molar-refractivity contribution is 5.97. The average molecular weight is 261 g/mol. The zero-order chi connectivity index (χ0) is 13.8. The molecule has 0 aromatic carbocycles. The molecule has 0 bridgehead atoms. The monoisotopic (exact) mass is 261 g/mol. The maximum absolute atomic E-state index is 12.5. The molecule has 0 fully saturated rings. The predicted molar refractivity (Wildman–Crippen MR) is 58.0 cm³/mol. The van der Waals surface area contributed by atoms with Gasteiger partial charge in [0.25, 0.3) is 0 Å². The Kier molecular flexibility index (Phi) is 4.66. The highest BCUT2D eigenvalue weighted by Crippen LogP contribution is 2.23. The summed E-state index contributed by atoms with van der Waals surface area (Å²) in [6.07, 6.45) is -2.98. The van der Waals surface area contributed by atoms with E-state index in [-0.39, 0.29) is 12.2 Å². The quantitative estimate of drug-likeness (QED) is 0.830. The number of nitrogens with zero attached hydrogens (tertiary/aromatic N) is 2. The molecule has 99 valence electrons. The van der Waals surface area contributed by atoms with E-state index in [4.69, 9.17) is 4.74 Å². The van der Waals surface area contributed by atoms with Gasteiger partial charge in [0.1, 0.15) is 0 Å². The van der Waals surface area contributed by atoms with Crippen LogP contribution in [0.3, 0.4) is 0 Å². The first-order chi connectivity index (χ1) is 8.36. The molecule has 18 heavy (non-hydrogen) atoms. The third-order valence-corrected chi connectivity index (χ3v) is 2.21. The van der Waals surface area contributed by atoms with Crippen LogP contribution in [0.2, 0.25) is 0 Å². The van der Waals surface area contributed by atoms with Crippen molar-refractivity contribution < 1.29 is 22.7 Å². The first-order valence-corrected chi connectivity index (χ1v) is 5.09. The highest BCUT2D eigenvalue weighted by atomic mass is 19.4. The van der Waals surface area contributed by atoms with Crippen LogP contribution < -0.4 is 4.90 Å². The first-order valence-electron chi connectivity index (χ1n) is 5.09. The molecule has 1 aromatic heterocycles. The SMILES string of the molecule is COC(C)CN(C(=O)C(F)(F)F)c1[c]ccnc1. The maximum atomic E-state index is 12.5. The predicted octanol–water partition coefficient (Wildman–Crippen LogP) is 1.81. The lowest BCUT2D eigenvalue weighted by Gasteiger charge is -2.25. The lowest BCUT2D eigenvalue weighted by atomic mass is 10.3. The molecule has 1 radical (unpaired) electrons. The van der Waals surface area contributed by atoms with E-state index in [1.54, 1.807) is 6.92 Å².